The second-order valence-electron chi connectivity index (χ2n) is 2.51. The summed E-state index contributed by atoms with van der Waals surface area (Å²) in [6.45, 7) is 0.333. The van der Waals surface area contributed by atoms with Crippen molar-refractivity contribution < 1.29 is 9.90 Å². The molecule has 0 atom stereocenters. The maximum atomic E-state index is 10.5. The summed E-state index contributed by atoms with van der Waals surface area (Å²) in [5.41, 5.74) is 8.67. The van der Waals surface area contributed by atoms with Gasteiger partial charge in [0.2, 0.25) is 0 Å². The second-order valence-corrected chi connectivity index (χ2v) is 3.42. The van der Waals surface area contributed by atoms with E-state index in [0.717, 1.165) is 11.3 Å². The van der Waals surface area contributed by atoms with Crippen LogP contribution in [0.15, 0.2) is 16.6 Å². The van der Waals surface area contributed by atoms with E-state index in [1.807, 2.05) is 0 Å². The molecule has 0 aliphatic carbocycles. The van der Waals surface area contributed by atoms with E-state index in [1.165, 1.54) is 6.07 Å². The number of hydrogen-bond acceptors (Lipinski definition) is 3. The summed E-state index contributed by atoms with van der Waals surface area (Å²) < 4.78 is 0. The number of hydrogen-bond donors (Lipinski definition) is 1. The molecule has 1 heterocycles. The molecule has 0 aliphatic heterocycles. The van der Waals surface area contributed by atoms with E-state index in [-0.39, 0.29) is 4.88 Å². The number of aromatic carboxylic acids is 1. The molecule has 1 aromatic heterocycles. The minimum Gasteiger partial charge on any atom is -0.477 e. The zero-order chi connectivity index (χ0) is 11.1. The lowest BCUT2D eigenvalue weighted by atomic mass is 10.3. The molecule has 0 spiro atoms. The molecule has 5 nitrogen and oxygen atoms in total. The standard InChI is InChI=1S/C9H7N3O2S/c10-12-11-4-2-1-3-7-5-8(9(13)14)15-6-7/h5-6H,2,4H2,(H,13,14). The Hall–Kier alpha value is -1.96. The Balaban J connectivity index is 2.56. The number of carboxylic acid groups (broad SMARTS) is 1. The minimum absolute atomic E-state index is 0.273. The third-order valence-corrected chi connectivity index (χ3v) is 2.36. The highest BCUT2D eigenvalue weighted by atomic mass is 32.1. The van der Waals surface area contributed by atoms with Crippen molar-refractivity contribution in [3.63, 3.8) is 0 Å². The molecular weight excluding hydrogens is 214 g/mol. The summed E-state index contributed by atoms with van der Waals surface area (Å²) in [5, 5.41) is 13.7. The van der Waals surface area contributed by atoms with Crippen molar-refractivity contribution in [2.45, 2.75) is 6.42 Å². The molecule has 0 saturated carbocycles. The first-order valence-electron chi connectivity index (χ1n) is 4.05. The molecule has 0 aliphatic rings. The highest BCUT2D eigenvalue weighted by Crippen LogP contribution is 2.13. The first kappa shape index (κ1) is 11.1. The average Bonchev–Trinajstić information content (AvgIpc) is 2.66. The number of thiophene rings is 1. The molecule has 0 fully saturated rings. The van der Waals surface area contributed by atoms with Gasteiger partial charge in [0.25, 0.3) is 0 Å². The van der Waals surface area contributed by atoms with Crippen molar-refractivity contribution in [2.75, 3.05) is 6.54 Å². The normalized spacial score (nSPS) is 8.53. The van der Waals surface area contributed by atoms with Crippen LogP contribution >= 0.6 is 11.3 Å². The van der Waals surface area contributed by atoms with Gasteiger partial charge in [0.05, 0.1) is 0 Å². The molecule has 0 saturated heterocycles. The van der Waals surface area contributed by atoms with E-state index in [1.54, 1.807) is 5.38 Å². The van der Waals surface area contributed by atoms with Crippen molar-refractivity contribution in [3.05, 3.63) is 32.3 Å². The zero-order valence-corrected chi connectivity index (χ0v) is 8.49. The summed E-state index contributed by atoms with van der Waals surface area (Å²) in [4.78, 5) is 13.4. The second kappa shape index (κ2) is 5.70. The van der Waals surface area contributed by atoms with Gasteiger partial charge in [-0.15, -0.1) is 11.3 Å². The van der Waals surface area contributed by atoms with Crippen molar-refractivity contribution >= 4 is 17.3 Å². The SMILES string of the molecule is [N-]=[N+]=NCCC#Cc1csc(C(=O)O)c1. The third kappa shape index (κ3) is 3.73. The van der Waals surface area contributed by atoms with Crippen molar-refractivity contribution in [1.29, 1.82) is 0 Å². The summed E-state index contributed by atoms with van der Waals surface area (Å²) >= 11 is 1.14. The van der Waals surface area contributed by atoms with E-state index < -0.39 is 5.97 Å². The van der Waals surface area contributed by atoms with Crippen LogP contribution in [0.3, 0.4) is 0 Å². The van der Waals surface area contributed by atoms with E-state index in [4.69, 9.17) is 10.6 Å². The quantitative estimate of drug-likeness (QED) is 0.279. The number of azide groups is 1. The maximum absolute atomic E-state index is 10.5. The lowest BCUT2D eigenvalue weighted by molar-refractivity contribution is 0.0702. The molecule has 0 aromatic carbocycles. The van der Waals surface area contributed by atoms with E-state index in [9.17, 15) is 4.79 Å². The van der Waals surface area contributed by atoms with E-state index in [2.05, 4.69) is 21.9 Å². The third-order valence-electron chi connectivity index (χ3n) is 1.44. The van der Waals surface area contributed by atoms with Gasteiger partial charge in [0.15, 0.2) is 0 Å². The molecule has 0 amide bonds. The molecule has 1 aromatic rings. The number of rotatable bonds is 3. The number of carboxylic acids is 1. The van der Waals surface area contributed by atoms with Gasteiger partial charge in [-0.3, -0.25) is 0 Å². The largest absolute Gasteiger partial charge is 0.477 e. The van der Waals surface area contributed by atoms with Gasteiger partial charge in [-0.2, -0.15) is 0 Å². The van der Waals surface area contributed by atoms with Crippen molar-refractivity contribution in [2.24, 2.45) is 5.11 Å². The molecule has 76 valence electrons. The van der Waals surface area contributed by atoms with E-state index in [0.29, 0.717) is 18.5 Å². The van der Waals surface area contributed by atoms with Crippen LogP contribution in [-0.4, -0.2) is 17.6 Å². The van der Waals surface area contributed by atoms with Crippen LogP contribution in [0.2, 0.25) is 0 Å². The van der Waals surface area contributed by atoms with Gasteiger partial charge in [0.1, 0.15) is 4.88 Å². The lowest BCUT2D eigenvalue weighted by Gasteiger charge is -1.81. The summed E-state index contributed by atoms with van der Waals surface area (Å²) in [6.07, 6.45) is 0.475. The molecule has 0 unspecified atom stereocenters. The molecule has 1 N–H and O–H groups in total. The summed E-state index contributed by atoms with van der Waals surface area (Å²) in [6, 6.07) is 1.52. The average molecular weight is 221 g/mol. The first-order chi connectivity index (χ1) is 7.24. The van der Waals surface area contributed by atoms with Gasteiger partial charge in [0, 0.05) is 28.8 Å². The zero-order valence-electron chi connectivity index (χ0n) is 7.67. The smallest absolute Gasteiger partial charge is 0.345 e. The van der Waals surface area contributed by atoms with Gasteiger partial charge in [-0.05, 0) is 11.6 Å². The van der Waals surface area contributed by atoms with Gasteiger partial charge in [-0.1, -0.05) is 17.0 Å². The first-order valence-corrected chi connectivity index (χ1v) is 4.93. The topological polar surface area (TPSA) is 86.1 Å². The minimum atomic E-state index is -0.942. The fourth-order valence-corrected chi connectivity index (χ4v) is 1.51. The number of carbonyl (C=O) groups is 1. The molecular formula is C9H7N3O2S. The molecule has 0 bridgehead atoms. The Morgan fingerprint density at radius 3 is 3.13 bits per heavy atom. The van der Waals surface area contributed by atoms with Gasteiger partial charge >= 0.3 is 5.97 Å². The molecule has 15 heavy (non-hydrogen) atoms. The van der Waals surface area contributed by atoms with Crippen molar-refractivity contribution in [1.82, 2.24) is 0 Å². The van der Waals surface area contributed by atoms with Crippen LogP contribution in [0.25, 0.3) is 10.4 Å². The predicted octanol–water partition coefficient (Wildman–Crippen LogP) is 2.50. The molecule has 1 rings (SSSR count). The van der Waals surface area contributed by atoms with Crippen molar-refractivity contribution in [3.8, 4) is 11.8 Å². The van der Waals surface area contributed by atoms with Crippen LogP contribution in [0.5, 0.6) is 0 Å². The Morgan fingerprint density at radius 1 is 1.73 bits per heavy atom. The van der Waals surface area contributed by atoms with E-state index >= 15 is 0 Å². The molecule has 6 heteroatoms. The van der Waals surface area contributed by atoms with Crippen LogP contribution in [0.4, 0.5) is 0 Å². The highest BCUT2D eigenvalue weighted by molar-refractivity contribution is 7.12. The monoisotopic (exact) mass is 221 g/mol. The summed E-state index contributed by atoms with van der Waals surface area (Å²) in [5.74, 6) is 4.64. The highest BCUT2D eigenvalue weighted by Gasteiger charge is 2.04. The Kier molecular flexibility index (Phi) is 4.23. The Labute approximate surface area is 90.0 Å². The lowest BCUT2D eigenvalue weighted by Crippen LogP contribution is -1.89. The maximum Gasteiger partial charge on any atom is 0.345 e. The Bertz CT molecular complexity index is 463. The van der Waals surface area contributed by atoms with Crippen LogP contribution in [0.1, 0.15) is 21.7 Å². The fraction of sp³-hybridized carbons (Fsp3) is 0.222. The van der Waals surface area contributed by atoms with Gasteiger partial charge < -0.3 is 5.11 Å². The van der Waals surface area contributed by atoms with Crippen LogP contribution < -0.4 is 0 Å². The van der Waals surface area contributed by atoms with Crippen LogP contribution in [0, 0.1) is 11.8 Å². The van der Waals surface area contributed by atoms with Crippen LogP contribution in [-0.2, 0) is 0 Å². The summed E-state index contributed by atoms with van der Waals surface area (Å²) in [7, 11) is 0. The predicted molar refractivity (Wildman–Crippen MR) is 56.8 cm³/mol. The number of nitrogens with zero attached hydrogens (tertiary/aromatic N) is 3. The van der Waals surface area contributed by atoms with Gasteiger partial charge in [-0.25, -0.2) is 4.79 Å². The molecule has 0 radical (unpaired) electrons. The Morgan fingerprint density at radius 2 is 2.53 bits per heavy atom. The fourth-order valence-electron chi connectivity index (χ4n) is 0.829.